The van der Waals surface area contributed by atoms with Gasteiger partial charge < -0.3 is 8.98 Å². The fraction of sp³-hybridized carbons (Fsp3) is 0.0435. The molecule has 0 aliphatic heterocycles. The minimum absolute atomic E-state index is 0.766. The van der Waals surface area contributed by atoms with E-state index in [0.29, 0.717) is 0 Å². The monoisotopic (exact) mass is 385 g/mol. The normalized spacial score (nSPS) is 13.4. The molecule has 5 rings (SSSR count). The van der Waals surface area contributed by atoms with E-state index in [1.165, 1.54) is 5.56 Å². The van der Waals surface area contributed by atoms with Gasteiger partial charge in [-0.25, -0.2) is 0 Å². The van der Waals surface area contributed by atoms with E-state index in [-0.39, 0.29) is 0 Å². The van der Waals surface area contributed by atoms with Gasteiger partial charge in [0, 0.05) is 35.9 Å². The second-order valence-corrected chi connectivity index (χ2v) is 7.43. The molecule has 0 amide bonds. The maximum absolute atomic E-state index is 6.09. The van der Waals surface area contributed by atoms with Gasteiger partial charge in [-0.3, -0.25) is 0 Å². The van der Waals surface area contributed by atoms with Crippen molar-refractivity contribution in [2.24, 2.45) is 7.05 Å². The van der Waals surface area contributed by atoms with Crippen LogP contribution in [0.5, 0.6) is 0 Å². The van der Waals surface area contributed by atoms with Crippen LogP contribution in [-0.4, -0.2) is 14.3 Å². The van der Waals surface area contributed by atoms with E-state index in [0.717, 1.165) is 49.0 Å². The Kier molecular flexibility index (Phi) is 3.71. The summed E-state index contributed by atoms with van der Waals surface area (Å²) in [5.74, 6) is 0.766. The molecule has 0 N–H and O–H groups in total. The summed E-state index contributed by atoms with van der Waals surface area (Å²) in [6, 6.07) is 22.5. The molecule has 4 aromatic rings. The molecular formula is C23H15NOS2. The molecular weight excluding hydrogens is 370 g/mol. The van der Waals surface area contributed by atoms with Gasteiger partial charge in [0.15, 0.2) is 5.58 Å². The van der Waals surface area contributed by atoms with Crippen LogP contribution in [-0.2, 0) is 7.05 Å². The van der Waals surface area contributed by atoms with Crippen LogP contribution < -0.4 is 0 Å². The van der Waals surface area contributed by atoms with E-state index >= 15 is 0 Å². The number of hydrogen-bond acceptors (Lipinski definition) is 3. The van der Waals surface area contributed by atoms with Crippen LogP contribution in [0.2, 0.25) is 0 Å². The van der Waals surface area contributed by atoms with Gasteiger partial charge in [0.2, 0.25) is 0 Å². The van der Waals surface area contributed by atoms with Crippen molar-refractivity contribution < 1.29 is 4.42 Å². The van der Waals surface area contributed by atoms with Gasteiger partial charge in [-0.2, -0.15) is 0 Å². The average molecular weight is 386 g/mol. The Balaban J connectivity index is 1.57. The van der Waals surface area contributed by atoms with Crippen LogP contribution in [0.4, 0.5) is 0 Å². The minimum Gasteiger partial charge on any atom is -0.455 e. The number of furan rings is 1. The standard InChI is InChI=1S/C23H15NOS2/c1-24-19(14-7-3-2-4-8-14)13-21-20(24)12-15(25-21)11-18-22(26)16-9-5-6-10-17(16)23(18)27/h2-13H,1H3. The highest BCUT2D eigenvalue weighted by Crippen LogP contribution is 2.33. The summed E-state index contributed by atoms with van der Waals surface area (Å²) >= 11 is 11.3. The van der Waals surface area contributed by atoms with Crippen LogP contribution in [0.3, 0.4) is 0 Å². The SMILES string of the molecule is Cn1c(-c2ccccc2)cc2oc(C=C3C(=S)c4ccccc4C3=S)cc21. The summed E-state index contributed by atoms with van der Waals surface area (Å²) in [4.78, 5) is 1.59. The Hall–Kier alpha value is -2.82. The van der Waals surface area contributed by atoms with Crippen molar-refractivity contribution in [3.8, 4) is 11.3 Å². The highest BCUT2D eigenvalue weighted by Gasteiger charge is 2.26. The number of fused-ring (bicyclic) bond motifs is 2. The number of aryl methyl sites for hydroxylation is 1. The quantitative estimate of drug-likeness (QED) is 0.313. The van der Waals surface area contributed by atoms with E-state index in [1.54, 1.807) is 0 Å². The molecule has 1 aliphatic carbocycles. The van der Waals surface area contributed by atoms with E-state index < -0.39 is 0 Å². The number of hydrogen-bond donors (Lipinski definition) is 0. The molecule has 2 aromatic carbocycles. The molecule has 2 heterocycles. The maximum Gasteiger partial charge on any atom is 0.153 e. The highest BCUT2D eigenvalue weighted by molar-refractivity contribution is 7.84. The average Bonchev–Trinajstić information content (AvgIpc) is 3.31. The highest BCUT2D eigenvalue weighted by atomic mass is 32.1. The Labute approximate surface area is 167 Å². The number of benzene rings is 2. The number of nitrogens with zero attached hydrogens (tertiary/aromatic N) is 1. The van der Waals surface area contributed by atoms with Crippen molar-refractivity contribution >= 4 is 51.3 Å². The van der Waals surface area contributed by atoms with Crippen molar-refractivity contribution in [3.05, 3.63) is 89.2 Å². The maximum atomic E-state index is 6.09. The number of aromatic nitrogens is 1. The predicted molar refractivity (Wildman–Crippen MR) is 118 cm³/mol. The lowest BCUT2D eigenvalue weighted by molar-refractivity contribution is 0.604. The lowest BCUT2D eigenvalue weighted by Crippen LogP contribution is -1.97. The van der Waals surface area contributed by atoms with Gasteiger partial charge in [-0.1, -0.05) is 79.0 Å². The molecule has 0 atom stereocenters. The van der Waals surface area contributed by atoms with Crippen LogP contribution in [0.25, 0.3) is 28.4 Å². The number of allylic oxidation sites excluding steroid dienone is 1. The first-order valence-corrected chi connectivity index (χ1v) is 9.50. The summed E-state index contributed by atoms with van der Waals surface area (Å²) in [5, 5.41) is 0. The molecule has 0 bridgehead atoms. The predicted octanol–water partition coefficient (Wildman–Crippen LogP) is 5.97. The zero-order valence-corrected chi connectivity index (χ0v) is 16.2. The molecule has 130 valence electrons. The fourth-order valence-corrected chi connectivity index (χ4v) is 4.38. The Morgan fingerprint density at radius 1 is 0.852 bits per heavy atom. The van der Waals surface area contributed by atoms with Crippen LogP contribution in [0.15, 0.2) is 76.7 Å². The van der Waals surface area contributed by atoms with E-state index in [4.69, 9.17) is 28.9 Å². The van der Waals surface area contributed by atoms with E-state index in [1.807, 2.05) is 54.6 Å². The van der Waals surface area contributed by atoms with Crippen LogP contribution in [0.1, 0.15) is 16.9 Å². The lowest BCUT2D eigenvalue weighted by atomic mass is 10.1. The second-order valence-electron chi connectivity index (χ2n) is 6.61. The van der Waals surface area contributed by atoms with Gasteiger partial charge >= 0.3 is 0 Å². The first-order chi connectivity index (χ1) is 13.1. The van der Waals surface area contributed by atoms with Gasteiger partial charge in [-0.15, -0.1) is 0 Å². The van der Waals surface area contributed by atoms with Crippen LogP contribution in [0, 0.1) is 0 Å². The third-order valence-electron chi connectivity index (χ3n) is 5.01. The van der Waals surface area contributed by atoms with E-state index in [9.17, 15) is 0 Å². The summed E-state index contributed by atoms with van der Waals surface area (Å²) < 4.78 is 8.24. The molecule has 0 saturated carbocycles. The Bertz CT molecular complexity index is 1220. The zero-order valence-electron chi connectivity index (χ0n) is 14.6. The van der Waals surface area contributed by atoms with Crippen molar-refractivity contribution in [2.45, 2.75) is 0 Å². The Morgan fingerprint density at radius 2 is 1.48 bits per heavy atom. The van der Waals surface area contributed by atoms with Gasteiger partial charge in [0.1, 0.15) is 5.76 Å². The van der Waals surface area contributed by atoms with E-state index in [2.05, 4.69) is 29.8 Å². The summed E-state index contributed by atoms with van der Waals surface area (Å²) in [6.45, 7) is 0. The summed E-state index contributed by atoms with van der Waals surface area (Å²) in [6.07, 6.45) is 1.97. The van der Waals surface area contributed by atoms with Crippen molar-refractivity contribution in [1.29, 1.82) is 0 Å². The molecule has 0 unspecified atom stereocenters. The minimum atomic E-state index is 0.766. The first kappa shape index (κ1) is 16.4. The third kappa shape index (κ3) is 2.52. The Morgan fingerprint density at radius 3 is 2.11 bits per heavy atom. The molecule has 1 aliphatic rings. The smallest absolute Gasteiger partial charge is 0.153 e. The molecule has 4 heteroatoms. The topological polar surface area (TPSA) is 18.1 Å². The van der Waals surface area contributed by atoms with Crippen LogP contribution >= 0.6 is 24.4 Å². The zero-order chi connectivity index (χ0) is 18.5. The molecule has 0 radical (unpaired) electrons. The second kappa shape index (κ2) is 6.12. The van der Waals surface area contributed by atoms with Crippen molar-refractivity contribution in [1.82, 2.24) is 4.57 Å². The molecule has 0 spiro atoms. The first-order valence-electron chi connectivity index (χ1n) is 8.68. The number of thiocarbonyl (C=S) groups is 2. The van der Waals surface area contributed by atoms with Crippen molar-refractivity contribution in [3.63, 3.8) is 0 Å². The molecule has 2 nitrogen and oxygen atoms in total. The number of rotatable bonds is 2. The largest absolute Gasteiger partial charge is 0.455 e. The van der Waals surface area contributed by atoms with Gasteiger partial charge in [-0.05, 0) is 11.6 Å². The fourth-order valence-electron chi connectivity index (χ4n) is 3.63. The van der Waals surface area contributed by atoms with Gasteiger partial charge in [0.25, 0.3) is 0 Å². The molecule has 2 aromatic heterocycles. The molecule has 27 heavy (non-hydrogen) atoms. The third-order valence-corrected chi connectivity index (χ3v) is 5.89. The molecule has 0 saturated heterocycles. The summed E-state index contributed by atoms with van der Waals surface area (Å²) in [5.41, 5.74) is 7.16. The summed E-state index contributed by atoms with van der Waals surface area (Å²) in [7, 11) is 2.05. The van der Waals surface area contributed by atoms with Gasteiger partial charge in [0.05, 0.1) is 20.9 Å². The van der Waals surface area contributed by atoms with Crippen molar-refractivity contribution in [2.75, 3.05) is 0 Å². The lowest BCUT2D eigenvalue weighted by Gasteiger charge is -2.03. The molecule has 0 fully saturated rings.